The topological polar surface area (TPSA) is 57.7 Å². The van der Waals surface area contributed by atoms with Crippen LogP contribution in [0.2, 0.25) is 10.0 Å². The molecular formula is C19H17Cl2FN2O3S. The Balaban J connectivity index is 1.65. The van der Waals surface area contributed by atoms with Crippen molar-refractivity contribution in [2.75, 3.05) is 26.2 Å². The second kappa shape index (κ2) is 8.61. The summed E-state index contributed by atoms with van der Waals surface area (Å²) in [7, 11) is -3.81. The number of sulfonamides is 1. The van der Waals surface area contributed by atoms with E-state index in [0.717, 1.165) is 0 Å². The van der Waals surface area contributed by atoms with Crippen molar-refractivity contribution in [3.05, 3.63) is 70.0 Å². The fraction of sp³-hybridized carbons (Fsp3) is 0.211. The van der Waals surface area contributed by atoms with Gasteiger partial charge in [0.15, 0.2) is 0 Å². The van der Waals surface area contributed by atoms with Crippen molar-refractivity contribution in [1.82, 2.24) is 9.21 Å². The first-order valence-corrected chi connectivity index (χ1v) is 10.6. The fourth-order valence-corrected chi connectivity index (χ4v) is 5.01. The lowest BCUT2D eigenvalue weighted by atomic mass is 10.2. The molecule has 2 aromatic rings. The maximum absolute atomic E-state index is 13.2. The first kappa shape index (κ1) is 20.8. The van der Waals surface area contributed by atoms with E-state index in [1.807, 2.05) is 0 Å². The molecule has 3 rings (SSSR count). The number of carbonyl (C=O) groups is 1. The molecule has 0 aromatic heterocycles. The number of hydrogen-bond donors (Lipinski definition) is 0. The van der Waals surface area contributed by atoms with E-state index in [-0.39, 0.29) is 52.8 Å². The van der Waals surface area contributed by atoms with Gasteiger partial charge in [-0.05, 0) is 42.0 Å². The van der Waals surface area contributed by atoms with Gasteiger partial charge in [-0.1, -0.05) is 35.3 Å². The molecule has 148 valence electrons. The molecule has 0 N–H and O–H groups in total. The van der Waals surface area contributed by atoms with Crippen LogP contribution in [0, 0.1) is 5.82 Å². The lowest BCUT2D eigenvalue weighted by Gasteiger charge is -2.33. The zero-order valence-electron chi connectivity index (χ0n) is 14.7. The smallest absolute Gasteiger partial charge is 0.246 e. The Labute approximate surface area is 173 Å². The molecule has 1 fully saturated rings. The van der Waals surface area contributed by atoms with Gasteiger partial charge in [0.05, 0.1) is 5.02 Å². The van der Waals surface area contributed by atoms with Gasteiger partial charge in [-0.3, -0.25) is 4.79 Å². The molecule has 1 aliphatic heterocycles. The van der Waals surface area contributed by atoms with Gasteiger partial charge in [-0.2, -0.15) is 4.31 Å². The number of benzene rings is 2. The molecule has 28 heavy (non-hydrogen) atoms. The number of rotatable bonds is 4. The minimum absolute atomic E-state index is 0.0487. The van der Waals surface area contributed by atoms with E-state index in [0.29, 0.717) is 5.56 Å². The summed E-state index contributed by atoms with van der Waals surface area (Å²) in [6.45, 7) is 0.767. The molecule has 1 heterocycles. The van der Waals surface area contributed by atoms with Crippen LogP contribution in [0.25, 0.3) is 6.08 Å². The number of nitrogens with zero attached hydrogens (tertiary/aromatic N) is 2. The minimum Gasteiger partial charge on any atom is -0.337 e. The molecule has 0 aliphatic carbocycles. The van der Waals surface area contributed by atoms with Gasteiger partial charge in [-0.15, -0.1) is 0 Å². The summed E-state index contributed by atoms with van der Waals surface area (Å²) in [6.07, 6.45) is 2.88. The van der Waals surface area contributed by atoms with E-state index in [1.165, 1.54) is 46.8 Å². The molecular weight excluding hydrogens is 426 g/mol. The lowest BCUT2D eigenvalue weighted by Crippen LogP contribution is -2.50. The van der Waals surface area contributed by atoms with E-state index in [1.54, 1.807) is 17.0 Å². The van der Waals surface area contributed by atoms with E-state index in [2.05, 4.69) is 0 Å². The molecule has 0 saturated carbocycles. The van der Waals surface area contributed by atoms with Crippen LogP contribution in [0.3, 0.4) is 0 Å². The highest BCUT2D eigenvalue weighted by atomic mass is 35.5. The number of amides is 1. The Morgan fingerprint density at radius 1 is 1.04 bits per heavy atom. The Hall–Kier alpha value is -1.93. The van der Waals surface area contributed by atoms with Crippen LogP contribution in [-0.2, 0) is 14.8 Å². The normalized spacial score (nSPS) is 15.9. The van der Waals surface area contributed by atoms with Crippen molar-refractivity contribution in [2.24, 2.45) is 0 Å². The third kappa shape index (κ3) is 4.72. The molecule has 0 unspecified atom stereocenters. The van der Waals surface area contributed by atoms with Crippen molar-refractivity contribution in [3.8, 4) is 0 Å². The Morgan fingerprint density at radius 2 is 1.75 bits per heavy atom. The van der Waals surface area contributed by atoms with Crippen LogP contribution in [-0.4, -0.2) is 49.7 Å². The second-order valence-corrected chi connectivity index (χ2v) is 8.94. The van der Waals surface area contributed by atoms with Crippen molar-refractivity contribution >= 4 is 45.2 Å². The van der Waals surface area contributed by atoms with E-state index >= 15 is 0 Å². The summed E-state index contributed by atoms with van der Waals surface area (Å²) in [5.74, 6) is -0.643. The molecule has 0 bridgehead atoms. The molecule has 1 aliphatic rings. The van der Waals surface area contributed by atoms with Gasteiger partial charge in [0.1, 0.15) is 10.7 Å². The monoisotopic (exact) mass is 442 g/mol. The van der Waals surface area contributed by atoms with Gasteiger partial charge in [-0.25, -0.2) is 12.8 Å². The summed E-state index contributed by atoms with van der Waals surface area (Å²) >= 11 is 11.9. The van der Waals surface area contributed by atoms with Crippen LogP contribution in [0.4, 0.5) is 4.39 Å². The van der Waals surface area contributed by atoms with Gasteiger partial charge in [0.2, 0.25) is 15.9 Å². The Kier molecular flexibility index (Phi) is 6.40. The van der Waals surface area contributed by atoms with Crippen LogP contribution in [0.1, 0.15) is 5.56 Å². The lowest BCUT2D eigenvalue weighted by molar-refractivity contribution is -0.127. The largest absolute Gasteiger partial charge is 0.337 e. The Morgan fingerprint density at radius 3 is 2.43 bits per heavy atom. The van der Waals surface area contributed by atoms with E-state index in [9.17, 15) is 17.6 Å². The molecule has 0 atom stereocenters. The molecule has 1 saturated heterocycles. The standard InChI is InChI=1S/C19H17Cl2FN2O3S/c20-15-5-6-17(21)18(13-15)28(26,27)24-10-8-23(9-11-24)19(25)7-4-14-2-1-3-16(22)12-14/h1-7,12-13H,8-11H2/b7-4+. The quantitative estimate of drug-likeness (QED) is 0.678. The molecule has 9 heteroatoms. The van der Waals surface area contributed by atoms with E-state index < -0.39 is 10.0 Å². The Bertz CT molecular complexity index is 1020. The zero-order chi connectivity index (χ0) is 20.3. The average Bonchev–Trinajstić information content (AvgIpc) is 2.68. The third-order valence-electron chi connectivity index (χ3n) is 4.33. The van der Waals surface area contributed by atoms with Gasteiger partial charge in [0, 0.05) is 37.3 Å². The SMILES string of the molecule is O=C(/C=C/c1cccc(F)c1)N1CCN(S(=O)(=O)c2cc(Cl)ccc2Cl)CC1. The first-order chi connectivity index (χ1) is 13.3. The van der Waals surface area contributed by atoms with Crippen LogP contribution in [0.15, 0.2) is 53.4 Å². The summed E-state index contributed by atoms with van der Waals surface area (Å²) in [4.78, 5) is 13.8. The maximum Gasteiger partial charge on any atom is 0.246 e. The number of halogens is 3. The van der Waals surface area contributed by atoms with Crippen molar-refractivity contribution in [2.45, 2.75) is 4.90 Å². The highest BCUT2D eigenvalue weighted by Gasteiger charge is 2.31. The first-order valence-electron chi connectivity index (χ1n) is 8.45. The number of carbonyl (C=O) groups excluding carboxylic acids is 1. The molecule has 1 amide bonds. The summed E-state index contributed by atoms with van der Waals surface area (Å²) in [5, 5.41) is 0.375. The van der Waals surface area contributed by atoms with Gasteiger partial charge in [0.25, 0.3) is 0 Å². The summed E-state index contributed by atoms with van der Waals surface area (Å²) < 4.78 is 40.1. The van der Waals surface area contributed by atoms with E-state index in [4.69, 9.17) is 23.2 Å². The minimum atomic E-state index is -3.81. The van der Waals surface area contributed by atoms with Gasteiger partial charge >= 0.3 is 0 Å². The predicted octanol–water partition coefficient (Wildman–Crippen LogP) is 3.68. The number of piperazine rings is 1. The number of hydrogen-bond acceptors (Lipinski definition) is 3. The molecule has 0 radical (unpaired) electrons. The van der Waals surface area contributed by atoms with Crippen molar-refractivity contribution in [3.63, 3.8) is 0 Å². The van der Waals surface area contributed by atoms with Crippen LogP contribution < -0.4 is 0 Å². The van der Waals surface area contributed by atoms with Crippen LogP contribution in [0.5, 0.6) is 0 Å². The predicted molar refractivity (Wildman–Crippen MR) is 107 cm³/mol. The van der Waals surface area contributed by atoms with Gasteiger partial charge < -0.3 is 4.90 Å². The molecule has 2 aromatic carbocycles. The summed E-state index contributed by atoms with van der Waals surface area (Å²) in [5.41, 5.74) is 0.574. The molecule has 5 nitrogen and oxygen atoms in total. The highest BCUT2D eigenvalue weighted by Crippen LogP contribution is 2.28. The summed E-state index contributed by atoms with van der Waals surface area (Å²) in [6, 6.07) is 10.2. The van der Waals surface area contributed by atoms with Crippen LogP contribution >= 0.6 is 23.2 Å². The second-order valence-electron chi connectivity index (χ2n) is 6.19. The van der Waals surface area contributed by atoms with Crippen molar-refractivity contribution in [1.29, 1.82) is 0 Å². The highest BCUT2D eigenvalue weighted by molar-refractivity contribution is 7.89. The maximum atomic E-state index is 13.2. The van der Waals surface area contributed by atoms with Crippen molar-refractivity contribution < 1.29 is 17.6 Å². The molecule has 0 spiro atoms. The third-order valence-corrected chi connectivity index (χ3v) is 6.94. The fourth-order valence-electron chi connectivity index (χ4n) is 2.85. The zero-order valence-corrected chi connectivity index (χ0v) is 17.0. The average molecular weight is 443 g/mol.